The van der Waals surface area contributed by atoms with Crippen LogP contribution >= 0.6 is 15.9 Å². The van der Waals surface area contributed by atoms with Gasteiger partial charge in [0.1, 0.15) is 17.1 Å². The normalized spacial score (nSPS) is 15.3. The number of fused-ring (bicyclic) bond motifs is 2. The molecular weight excluding hydrogens is 477 g/mol. The van der Waals surface area contributed by atoms with Crippen molar-refractivity contribution in [2.75, 3.05) is 11.5 Å². The van der Waals surface area contributed by atoms with E-state index in [4.69, 9.17) is 9.15 Å². The number of nitrogens with zero attached hydrogens (tertiary/aromatic N) is 1. The minimum absolute atomic E-state index is 0.0769. The molecule has 7 heteroatoms. The highest BCUT2D eigenvalue weighted by molar-refractivity contribution is 9.10. The summed E-state index contributed by atoms with van der Waals surface area (Å²) in [7, 11) is 0. The predicted molar refractivity (Wildman–Crippen MR) is 123 cm³/mol. The van der Waals surface area contributed by atoms with Gasteiger partial charge in [-0.05, 0) is 55.5 Å². The van der Waals surface area contributed by atoms with Crippen LogP contribution in [0.2, 0.25) is 0 Å². The van der Waals surface area contributed by atoms with Gasteiger partial charge in [-0.25, -0.2) is 4.39 Å². The zero-order valence-corrected chi connectivity index (χ0v) is 18.6. The van der Waals surface area contributed by atoms with Crippen LogP contribution in [0, 0.1) is 5.82 Å². The van der Waals surface area contributed by atoms with Gasteiger partial charge in [-0.3, -0.25) is 14.5 Å². The number of carbonyl (C=O) groups is 1. The fourth-order valence-corrected chi connectivity index (χ4v) is 4.43. The summed E-state index contributed by atoms with van der Waals surface area (Å²) in [4.78, 5) is 28.4. The van der Waals surface area contributed by atoms with E-state index in [9.17, 15) is 14.0 Å². The van der Waals surface area contributed by atoms with E-state index < -0.39 is 17.8 Å². The molecule has 5 rings (SSSR count). The number of amides is 1. The average Bonchev–Trinajstić information content (AvgIpc) is 3.08. The van der Waals surface area contributed by atoms with Crippen LogP contribution < -0.4 is 15.1 Å². The van der Waals surface area contributed by atoms with Gasteiger partial charge >= 0.3 is 0 Å². The highest BCUT2D eigenvalue weighted by Gasteiger charge is 2.44. The fraction of sp³-hybridized carbons (Fsp3) is 0.120. The summed E-state index contributed by atoms with van der Waals surface area (Å²) in [6.07, 6.45) is 0. The molecule has 0 radical (unpaired) electrons. The zero-order chi connectivity index (χ0) is 22.4. The highest BCUT2D eigenvalue weighted by atomic mass is 79.9. The summed E-state index contributed by atoms with van der Waals surface area (Å²) < 4.78 is 27.0. The Kier molecular flexibility index (Phi) is 5.06. The van der Waals surface area contributed by atoms with Gasteiger partial charge in [-0.2, -0.15) is 0 Å². The van der Waals surface area contributed by atoms with Crippen molar-refractivity contribution in [1.82, 2.24) is 0 Å². The number of ether oxygens (including phenoxy) is 1. The molecule has 0 spiro atoms. The van der Waals surface area contributed by atoms with Crippen LogP contribution in [0.3, 0.4) is 0 Å². The molecule has 160 valence electrons. The van der Waals surface area contributed by atoms with Gasteiger partial charge in [0.05, 0.1) is 23.6 Å². The van der Waals surface area contributed by atoms with E-state index in [0.717, 1.165) is 0 Å². The molecule has 4 aromatic rings. The second-order valence-electron chi connectivity index (χ2n) is 7.34. The summed E-state index contributed by atoms with van der Waals surface area (Å²) in [5.74, 6) is -0.443. The van der Waals surface area contributed by atoms with Gasteiger partial charge in [0.15, 0.2) is 5.43 Å². The predicted octanol–water partition coefficient (Wildman–Crippen LogP) is 5.84. The molecule has 1 amide bonds. The van der Waals surface area contributed by atoms with E-state index in [2.05, 4.69) is 15.9 Å². The molecule has 1 atom stereocenters. The Balaban J connectivity index is 1.77. The van der Waals surface area contributed by atoms with E-state index in [1.165, 1.54) is 11.0 Å². The topological polar surface area (TPSA) is 59.8 Å². The van der Waals surface area contributed by atoms with Gasteiger partial charge in [-0.15, -0.1) is 0 Å². The van der Waals surface area contributed by atoms with Crippen molar-refractivity contribution in [1.29, 1.82) is 0 Å². The zero-order valence-electron chi connectivity index (χ0n) is 17.0. The molecule has 0 saturated carbocycles. The van der Waals surface area contributed by atoms with E-state index in [1.807, 2.05) is 6.92 Å². The standard InChI is InChI=1S/C25H17BrFNO4/c1-2-31-16-10-8-15(9-11-16)28-22(17-5-3-4-6-19(17)27)21-23(29)18-13-14(26)7-12-20(18)32-24(21)25(28)30/h3-13,22H,2H2,1H3. The van der Waals surface area contributed by atoms with Crippen LogP contribution in [-0.2, 0) is 0 Å². The van der Waals surface area contributed by atoms with Crippen molar-refractivity contribution in [3.63, 3.8) is 0 Å². The molecule has 0 aliphatic carbocycles. The maximum absolute atomic E-state index is 14.9. The molecule has 0 saturated heterocycles. The highest BCUT2D eigenvalue weighted by Crippen LogP contribution is 2.42. The fourth-order valence-electron chi connectivity index (χ4n) is 4.07. The molecule has 1 unspecified atom stereocenters. The molecule has 2 heterocycles. The molecular formula is C25H17BrFNO4. The number of hydrogen-bond acceptors (Lipinski definition) is 4. The summed E-state index contributed by atoms with van der Waals surface area (Å²) >= 11 is 3.37. The lowest BCUT2D eigenvalue weighted by atomic mass is 9.98. The number of anilines is 1. The van der Waals surface area contributed by atoms with E-state index in [1.54, 1.807) is 60.7 Å². The van der Waals surface area contributed by atoms with Crippen LogP contribution in [0.4, 0.5) is 10.1 Å². The largest absolute Gasteiger partial charge is 0.494 e. The summed E-state index contributed by atoms with van der Waals surface area (Å²) in [6, 6.07) is 17.1. The van der Waals surface area contributed by atoms with Gasteiger partial charge in [0.25, 0.3) is 5.91 Å². The monoisotopic (exact) mass is 493 g/mol. The minimum Gasteiger partial charge on any atom is -0.494 e. The first-order valence-corrected chi connectivity index (χ1v) is 10.9. The Morgan fingerprint density at radius 1 is 1.06 bits per heavy atom. The van der Waals surface area contributed by atoms with Crippen LogP contribution in [0.25, 0.3) is 11.0 Å². The van der Waals surface area contributed by atoms with Crippen LogP contribution in [0.5, 0.6) is 5.75 Å². The Morgan fingerprint density at radius 2 is 1.81 bits per heavy atom. The van der Waals surface area contributed by atoms with Crippen molar-refractivity contribution >= 4 is 38.5 Å². The maximum atomic E-state index is 14.9. The second kappa shape index (κ2) is 7.91. The Labute approximate surface area is 191 Å². The Morgan fingerprint density at radius 3 is 2.53 bits per heavy atom. The van der Waals surface area contributed by atoms with Crippen molar-refractivity contribution in [2.24, 2.45) is 0 Å². The van der Waals surface area contributed by atoms with Gasteiger partial charge in [0.2, 0.25) is 5.76 Å². The van der Waals surface area contributed by atoms with Gasteiger partial charge in [-0.1, -0.05) is 34.1 Å². The number of rotatable bonds is 4. The van der Waals surface area contributed by atoms with Crippen molar-refractivity contribution in [2.45, 2.75) is 13.0 Å². The van der Waals surface area contributed by atoms with Crippen molar-refractivity contribution in [3.05, 3.63) is 104 Å². The van der Waals surface area contributed by atoms with E-state index in [-0.39, 0.29) is 22.3 Å². The third kappa shape index (κ3) is 3.20. The lowest BCUT2D eigenvalue weighted by molar-refractivity contribution is 0.0970. The third-order valence-corrected chi connectivity index (χ3v) is 5.95. The first-order valence-electron chi connectivity index (χ1n) is 10.1. The lowest BCUT2D eigenvalue weighted by Gasteiger charge is -2.25. The van der Waals surface area contributed by atoms with Gasteiger partial charge < -0.3 is 9.15 Å². The van der Waals surface area contributed by atoms with E-state index >= 15 is 0 Å². The molecule has 0 fully saturated rings. The van der Waals surface area contributed by atoms with Gasteiger partial charge in [0, 0.05) is 15.7 Å². The number of hydrogen-bond donors (Lipinski definition) is 0. The first kappa shape index (κ1) is 20.5. The third-order valence-electron chi connectivity index (χ3n) is 5.46. The van der Waals surface area contributed by atoms with E-state index in [0.29, 0.717) is 33.5 Å². The SMILES string of the molecule is CCOc1ccc(N2C(=O)c3oc4ccc(Br)cc4c(=O)c3C2c2ccccc2F)cc1. The molecule has 32 heavy (non-hydrogen) atoms. The molecule has 1 aromatic heterocycles. The molecule has 1 aliphatic heterocycles. The maximum Gasteiger partial charge on any atom is 0.295 e. The number of benzene rings is 3. The molecule has 0 bridgehead atoms. The summed E-state index contributed by atoms with van der Waals surface area (Å²) in [6.45, 7) is 2.38. The second-order valence-corrected chi connectivity index (χ2v) is 8.26. The number of halogens is 2. The van der Waals surface area contributed by atoms with Crippen LogP contribution in [-0.4, -0.2) is 12.5 Å². The van der Waals surface area contributed by atoms with Crippen LogP contribution in [0.1, 0.15) is 34.6 Å². The van der Waals surface area contributed by atoms with Crippen LogP contribution in [0.15, 0.2) is 80.4 Å². The smallest absolute Gasteiger partial charge is 0.295 e. The average molecular weight is 494 g/mol. The summed E-state index contributed by atoms with van der Waals surface area (Å²) in [5, 5.41) is 0.320. The van der Waals surface area contributed by atoms with Crippen molar-refractivity contribution in [3.8, 4) is 5.75 Å². The Hall–Kier alpha value is -3.45. The van der Waals surface area contributed by atoms with Crippen molar-refractivity contribution < 1.29 is 18.3 Å². The molecule has 3 aromatic carbocycles. The minimum atomic E-state index is -0.962. The quantitative estimate of drug-likeness (QED) is 0.358. The lowest BCUT2D eigenvalue weighted by Crippen LogP contribution is -2.30. The molecule has 1 aliphatic rings. The molecule has 0 N–H and O–H groups in total. The first-order chi connectivity index (χ1) is 15.5. The Bertz CT molecular complexity index is 1410. The summed E-state index contributed by atoms with van der Waals surface area (Å²) in [5.41, 5.74) is 0.779. The molecule has 5 nitrogen and oxygen atoms in total. The number of carbonyl (C=O) groups excluding carboxylic acids is 1.